The zero-order valence-corrected chi connectivity index (χ0v) is 21.0. The molecule has 0 spiro atoms. The predicted octanol–water partition coefficient (Wildman–Crippen LogP) is 1.56. The van der Waals surface area contributed by atoms with Gasteiger partial charge in [0.05, 0.1) is 6.54 Å². The lowest BCUT2D eigenvalue weighted by Crippen LogP contribution is -2.51. The number of aromatic nitrogens is 3. The Kier molecular flexibility index (Phi) is 9.29. The summed E-state index contributed by atoms with van der Waals surface area (Å²) in [7, 11) is 1.75. The number of amides is 1. The predicted molar refractivity (Wildman–Crippen MR) is 131 cm³/mol. The van der Waals surface area contributed by atoms with E-state index in [1.807, 2.05) is 49.6 Å². The number of halogens is 1. The van der Waals surface area contributed by atoms with Crippen LogP contribution in [0.25, 0.3) is 5.65 Å². The molecule has 11 heteroatoms. The number of guanidine groups is 1. The molecular formula is C20H33IN8O2. The first-order valence-electron chi connectivity index (χ1n) is 10.3. The number of pyridine rings is 1. The van der Waals surface area contributed by atoms with Crippen LogP contribution in [0.1, 0.15) is 26.6 Å². The number of piperazine rings is 1. The van der Waals surface area contributed by atoms with Crippen molar-refractivity contribution in [2.75, 3.05) is 46.3 Å². The molecule has 1 aliphatic heterocycles. The van der Waals surface area contributed by atoms with Gasteiger partial charge in [0.2, 0.25) is 0 Å². The van der Waals surface area contributed by atoms with Crippen molar-refractivity contribution in [2.24, 2.45) is 4.99 Å². The Balaban J connectivity index is 0.00000341. The standard InChI is InChI=1S/C20H32N8O2.HI/c1-20(2,3)30-19(29)27-13-11-26(12-14-27)10-8-22-18(21-4)23-15-17-25-24-16-7-5-6-9-28(16)17;/h5-7,9H,8,10-15H2,1-4H3,(H2,21,22,23);1H. The fourth-order valence-corrected chi connectivity index (χ4v) is 3.21. The van der Waals surface area contributed by atoms with Crippen LogP contribution < -0.4 is 10.6 Å². The summed E-state index contributed by atoms with van der Waals surface area (Å²) < 4.78 is 7.39. The molecule has 3 rings (SSSR count). The summed E-state index contributed by atoms with van der Waals surface area (Å²) in [5, 5.41) is 15.0. The van der Waals surface area contributed by atoms with Crippen LogP contribution >= 0.6 is 24.0 Å². The third-order valence-electron chi connectivity index (χ3n) is 4.77. The van der Waals surface area contributed by atoms with E-state index in [2.05, 4.69) is 30.7 Å². The zero-order chi connectivity index (χ0) is 21.6. The lowest BCUT2D eigenvalue weighted by molar-refractivity contribution is 0.0147. The number of ether oxygens (including phenoxy) is 1. The fraction of sp³-hybridized carbons (Fsp3) is 0.600. The van der Waals surface area contributed by atoms with Crippen molar-refractivity contribution in [2.45, 2.75) is 32.9 Å². The molecule has 1 amide bonds. The van der Waals surface area contributed by atoms with Crippen LogP contribution in [0.15, 0.2) is 29.4 Å². The molecule has 0 radical (unpaired) electrons. The van der Waals surface area contributed by atoms with Gasteiger partial charge in [-0.25, -0.2) is 4.79 Å². The SMILES string of the molecule is CN=C(NCCN1CCN(C(=O)OC(C)(C)C)CC1)NCc1nnc2ccccn12.I. The van der Waals surface area contributed by atoms with E-state index in [-0.39, 0.29) is 30.1 Å². The van der Waals surface area contributed by atoms with Crippen molar-refractivity contribution < 1.29 is 9.53 Å². The summed E-state index contributed by atoms with van der Waals surface area (Å²) >= 11 is 0. The normalized spacial score (nSPS) is 15.5. The molecule has 2 aromatic heterocycles. The molecule has 1 aliphatic rings. The molecule has 0 atom stereocenters. The van der Waals surface area contributed by atoms with E-state index in [1.54, 1.807) is 11.9 Å². The van der Waals surface area contributed by atoms with E-state index in [0.29, 0.717) is 19.6 Å². The van der Waals surface area contributed by atoms with Crippen LogP contribution in [0.4, 0.5) is 4.79 Å². The van der Waals surface area contributed by atoms with Crippen LogP contribution in [0.3, 0.4) is 0 Å². The number of carbonyl (C=O) groups excluding carboxylic acids is 1. The number of hydrogen-bond acceptors (Lipinski definition) is 6. The number of rotatable bonds is 5. The highest BCUT2D eigenvalue weighted by molar-refractivity contribution is 14.0. The summed E-state index contributed by atoms with van der Waals surface area (Å²) in [6, 6.07) is 5.82. The summed E-state index contributed by atoms with van der Waals surface area (Å²) in [6.07, 6.45) is 1.71. The quantitative estimate of drug-likeness (QED) is 0.335. The maximum Gasteiger partial charge on any atom is 0.410 e. The molecule has 172 valence electrons. The smallest absolute Gasteiger partial charge is 0.410 e. The van der Waals surface area contributed by atoms with Crippen molar-refractivity contribution in [3.8, 4) is 0 Å². The first kappa shape index (κ1) is 25.1. The van der Waals surface area contributed by atoms with Crippen molar-refractivity contribution in [3.05, 3.63) is 30.2 Å². The van der Waals surface area contributed by atoms with Gasteiger partial charge < -0.3 is 20.3 Å². The van der Waals surface area contributed by atoms with Gasteiger partial charge in [0.1, 0.15) is 5.60 Å². The number of hydrogen-bond donors (Lipinski definition) is 2. The molecule has 31 heavy (non-hydrogen) atoms. The monoisotopic (exact) mass is 544 g/mol. The number of fused-ring (bicyclic) bond motifs is 1. The second-order valence-corrected chi connectivity index (χ2v) is 8.21. The van der Waals surface area contributed by atoms with Gasteiger partial charge in [-0.15, -0.1) is 34.2 Å². The molecule has 0 unspecified atom stereocenters. The van der Waals surface area contributed by atoms with Gasteiger partial charge in [-0.3, -0.25) is 14.3 Å². The minimum atomic E-state index is -0.459. The van der Waals surface area contributed by atoms with E-state index in [9.17, 15) is 4.79 Å². The van der Waals surface area contributed by atoms with Gasteiger partial charge in [-0.1, -0.05) is 6.07 Å². The maximum atomic E-state index is 12.2. The highest BCUT2D eigenvalue weighted by Gasteiger charge is 2.25. The molecule has 1 saturated heterocycles. The second kappa shape index (κ2) is 11.5. The van der Waals surface area contributed by atoms with Crippen molar-refractivity contribution in [3.63, 3.8) is 0 Å². The van der Waals surface area contributed by atoms with Gasteiger partial charge in [-0.2, -0.15) is 0 Å². The third-order valence-corrected chi connectivity index (χ3v) is 4.77. The highest BCUT2D eigenvalue weighted by Crippen LogP contribution is 2.11. The second-order valence-electron chi connectivity index (χ2n) is 8.21. The van der Waals surface area contributed by atoms with Gasteiger partial charge in [0, 0.05) is 52.5 Å². The molecule has 2 aromatic rings. The molecule has 0 aromatic carbocycles. The van der Waals surface area contributed by atoms with Gasteiger partial charge in [0.25, 0.3) is 0 Å². The number of carbonyl (C=O) groups is 1. The molecule has 0 saturated carbocycles. The van der Waals surface area contributed by atoms with Crippen LogP contribution in [0, 0.1) is 0 Å². The summed E-state index contributed by atoms with van der Waals surface area (Å²) in [5.74, 6) is 1.54. The summed E-state index contributed by atoms with van der Waals surface area (Å²) in [4.78, 5) is 20.5. The molecule has 2 N–H and O–H groups in total. The Bertz CT molecular complexity index is 871. The Morgan fingerprint density at radius 2 is 1.90 bits per heavy atom. The van der Waals surface area contributed by atoms with Crippen LogP contribution in [-0.4, -0.2) is 88.4 Å². The van der Waals surface area contributed by atoms with E-state index >= 15 is 0 Å². The topological polar surface area (TPSA) is 99.4 Å². The number of aliphatic imine (C=N–C) groups is 1. The van der Waals surface area contributed by atoms with Gasteiger partial charge in [0.15, 0.2) is 17.4 Å². The lowest BCUT2D eigenvalue weighted by Gasteiger charge is -2.35. The Morgan fingerprint density at radius 1 is 1.16 bits per heavy atom. The van der Waals surface area contributed by atoms with E-state index < -0.39 is 5.60 Å². The lowest BCUT2D eigenvalue weighted by atomic mass is 10.2. The zero-order valence-electron chi connectivity index (χ0n) is 18.7. The molecule has 3 heterocycles. The maximum absolute atomic E-state index is 12.2. The molecule has 0 bridgehead atoms. The minimum absolute atomic E-state index is 0. The summed E-state index contributed by atoms with van der Waals surface area (Å²) in [5.41, 5.74) is 0.363. The average Bonchev–Trinajstić information content (AvgIpc) is 3.13. The van der Waals surface area contributed by atoms with Crippen LogP contribution in [0.5, 0.6) is 0 Å². The fourth-order valence-electron chi connectivity index (χ4n) is 3.21. The molecule has 1 fully saturated rings. The van der Waals surface area contributed by atoms with Crippen LogP contribution in [-0.2, 0) is 11.3 Å². The van der Waals surface area contributed by atoms with Crippen molar-refractivity contribution in [1.82, 2.24) is 35.0 Å². The van der Waals surface area contributed by atoms with Gasteiger partial charge >= 0.3 is 6.09 Å². The largest absolute Gasteiger partial charge is 0.444 e. The minimum Gasteiger partial charge on any atom is -0.444 e. The number of nitrogens with one attached hydrogen (secondary N) is 2. The average molecular weight is 544 g/mol. The van der Waals surface area contributed by atoms with Gasteiger partial charge in [-0.05, 0) is 32.9 Å². The van der Waals surface area contributed by atoms with Crippen molar-refractivity contribution >= 4 is 41.7 Å². The molecule has 10 nitrogen and oxygen atoms in total. The van der Waals surface area contributed by atoms with E-state index in [0.717, 1.165) is 43.6 Å². The van der Waals surface area contributed by atoms with Crippen LogP contribution in [0.2, 0.25) is 0 Å². The van der Waals surface area contributed by atoms with E-state index in [4.69, 9.17) is 4.74 Å². The molecule has 0 aliphatic carbocycles. The Hall–Kier alpha value is -2.15. The Labute approximate surface area is 200 Å². The number of nitrogens with zero attached hydrogens (tertiary/aromatic N) is 6. The first-order valence-corrected chi connectivity index (χ1v) is 10.3. The Morgan fingerprint density at radius 3 is 2.58 bits per heavy atom. The molecular weight excluding hydrogens is 511 g/mol. The highest BCUT2D eigenvalue weighted by atomic mass is 127. The third kappa shape index (κ3) is 7.49. The summed E-state index contributed by atoms with van der Waals surface area (Å²) in [6.45, 7) is 10.8. The van der Waals surface area contributed by atoms with E-state index in [1.165, 1.54) is 0 Å². The first-order chi connectivity index (χ1) is 14.4. The van der Waals surface area contributed by atoms with Crippen molar-refractivity contribution in [1.29, 1.82) is 0 Å².